The molecule has 0 aliphatic carbocycles. The van der Waals surface area contributed by atoms with Crippen LogP contribution >= 0.6 is 0 Å². The van der Waals surface area contributed by atoms with Crippen molar-refractivity contribution in [1.29, 1.82) is 0 Å². The molecule has 0 spiro atoms. The van der Waals surface area contributed by atoms with Crippen molar-refractivity contribution in [2.75, 3.05) is 6.54 Å². The fraction of sp³-hybridized carbons (Fsp3) is 0.250. The number of rotatable bonds is 6. The van der Waals surface area contributed by atoms with Crippen molar-refractivity contribution in [3.63, 3.8) is 0 Å². The molecule has 0 fully saturated rings. The Balaban J connectivity index is 2.08. The van der Waals surface area contributed by atoms with Gasteiger partial charge in [0, 0.05) is 18.2 Å². The lowest BCUT2D eigenvalue weighted by Crippen LogP contribution is -2.12. The molecule has 2 nitrogen and oxygen atoms in total. The summed E-state index contributed by atoms with van der Waals surface area (Å²) in [7, 11) is 0. The van der Waals surface area contributed by atoms with Gasteiger partial charge in [-0.2, -0.15) is 0 Å². The number of nitrogens with one attached hydrogen (secondary N) is 1. The molecule has 0 atom stereocenters. The van der Waals surface area contributed by atoms with Crippen molar-refractivity contribution in [1.82, 2.24) is 5.32 Å². The molecule has 1 N–H and O–H groups in total. The van der Waals surface area contributed by atoms with E-state index in [1.807, 2.05) is 6.92 Å². The second kappa shape index (κ2) is 7.13. The van der Waals surface area contributed by atoms with E-state index in [0.29, 0.717) is 6.54 Å². The monoisotopic (exact) mass is 295 g/mol. The Morgan fingerprint density at radius 1 is 1.00 bits per heavy atom. The first-order valence-electron chi connectivity index (χ1n) is 6.65. The van der Waals surface area contributed by atoms with Crippen molar-refractivity contribution in [2.45, 2.75) is 20.1 Å². The largest absolute Gasteiger partial charge is 0.489 e. The zero-order chi connectivity index (χ0) is 15.2. The number of ether oxygens (including phenoxy) is 1. The molecule has 0 aliphatic rings. The summed E-state index contributed by atoms with van der Waals surface area (Å²) in [6.45, 7) is 3.07. The summed E-state index contributed by atoms with van der Waals surface area (Å²) in [6.07, 6.45) is 0. The molecule has 2 rings (SSSR count). The standard InChI is InChI=1S/C16H16F3NO/c1-2-20-9-11-5-14(18)8-15(6-11)21-10-12-7-13(17)3-4-16(12)19/h3-8,20H,2,9-10H2,1H3. The van der Waals surface area contributed by atoms with Crippen LogP contribution in [0.25, 0.3) is 0 Å². The van der Waals surface area contributed by atoms with Gasteiger partial charge in [-0.15, -0.1) is 0 Å². The molecule has 0 saturated heterocycles. The van der Waals surface area contributed by atoms with Gasteiger partial charge in [0.05, 0.1) is 0 Å². The first-order chi connectivity index (χ1) is 10.1. The molecule has 0 aliphatic heterocycles. The number of benzene rings is 2. The maximum Gasteiger partial charge on any atom is 0.130 e. The average Bonchev–Trinajstić information content (AvgIpc) is 2.45. The Kier molecular flexibility index (Phi) is 5.22. The van der Waals surface area contributed by atoms with Crippen LogP contribution in [-0.4, -0.2) is 6.54 Å². The summed E-state index contributed by atoms with van der Waals surface area (Å²) in [6, 6.07) is 7.42. The van der Waals surface area contributed by atoms with Crippen LogP contribution in [-0.2, 0) is 13.2 Å². The Morgan fingerprint density at radius 3 is 2.57 bits per heavy atom. The highest BCUT2D eigenvalue weighted by Gasteiger charge is 2.06. The van der Waals surface area contributed by atoms with Gasteiger partial charge in [0.2, 0.25) is 0 Å². The Labute approximate surface area is 121 Å². The lowest BCUT2D eigenvalue weighted by molar-refractivity contribution is 0.297. The zero-order valence-electron chi connectivity index (χ0n) is 11.6. The molecule has 2 aromatic rings. The third kappa shape index (κ3) is 4.49. The third-order valence-electron chi connectivity index (χ3n) is 2.91. The quantitative estimate of drug-likeness (QED) is 0.875. The fourth-order valence-corrected chi connectivity index (χ4v) is 1.89. The van der Waals surface area contributed by atoms with E-state index >= 15 is 0 Å². The van der Waals surface area contributed by atoms with Crippen LogP contribution in [0.1, 0.15) is 18.1 Å². The van der Waals surface area contributed by atoms with E-state index in [4.69, 9.17) is 4.74 Å². The molecule has 0 saturated carbocycles. The van der Waals surface area contributed by atoms with E-state index in [1.54, 1.807) is 6.07 Å². The smallest absolute Gasteiger partial charge is 0.130 e. The van der Waals surface area contributed by atoms with E-state index in [-0.39, 0.29) is 17.9 Å². The van der Waals surface area contributed by atoms with Crippen LogP contribution in [0.15, 0.2) is 36.4 Å². The van der Waals surface area contributed by atoms with Crippen LogP contribution in [0.3, 0.4) is 0 Å². The predicted octanol–water partition coefficient (Wildman–Crippen LogP) is 3.79. The van der Waals surface area contributed by atoms with Crippen molar-refractivity contribution in [3.05, 3.63) is 65.0 Å². The van der Waals surface area contributed by atoms with Crippen LogP contribution in [0, 0.1) is 17.5 Å². The fourth-order valence-electron chi connectivity index (χ4n) is 1.89. The molecule has 21 heavy (non-hydrogen) atoms. The number of hydrogen-bond acceptors (Lipinski definition) is 2. The minimum atomic E-state index is -0.555. The SMILES string of the molecule is CCNCc1cc(F)cc(OCc2cc(F)ccc2F)c1. The van der Waals surface area contributed by atoms with E-state index < -0.39 is 17.5 Å². The number of hydrogen-bond donors (Lipinski definition) is 1. The van der Waals surface area contributed by atoms with Crippen LogP contribution in [0.4, 0.5) is 13.2 Å². The van der Waals surface area contributed by atoms with E-state index in [9.17, 15) is 13.2 Å². The van der Waals surface area contributed by atoms with Gasteiger partial charge in [0.15, 0.2) is 0 Å². The summed E-state index contributed by atoms with van der Waals surface area (Å²) in [5.41, 5.74) is 0.819. The highest BCUT2D eigenvalue weighted by atomic mass is 19.1. The number of halogens is 3. The summed E-state index contributed by atoms with van der Waals surface area (Å²) < 4.78 is 45.4. The maximum atomic E-state index is 13.5. The van der Waals surface area contributed by atoms with Gasteiger partial charge in [-0.05, 0) is 42.4 Å². The molecule has 0 unspecified atom stereocenters. The highest BCUT2D eigenvalue weighted by molar-refractivity contribution is 5.30. The Morgan fingerprint density at radius 2 is 1.81 bits per heavy atom. The molecule has 0 radical (unpaired) electrons. The lowest BCUT2D eigenvalue weighted by Gasteiger charge is -2.10. The Hall–Kier alpha value is -2.01. The van der Waals surface area contributed by atoms with Crippen LogP contribution in [0.2, 0.25) is 0 Å². The predicted molar refractivity (Wildman–Crippen MR) is 74.5 cm³/mol. The molecule has 2 aromatic carbocycles. The van der Waals surface area contributed by atoms with Crippen molar-refractivity contribution < 1.29 is 17.9 Å². The first kappa shape index (κ1) is 15.4. The highest BCUT2D eigenvalue weighted by Crippen LogP contribution is 2.19. The molecule has 112 valence electrons. The van der Waals surface area contributed by atoms with E-state index in [0.717, 1.165) is 30.3 Å². The lowest BCUT2D eigenvalue weighted by atomic mass is 10.2. The maximum absolute atomic E-state index is 13.5. The summed E-state index contributed by atoms with van der Waals surface area (Å²) >= 11 is 0. The normalized spacial score (nSPS) is 10.7. The zero-order valence-corrected chi connectivity index (χ0v) is 11.6. The molecule has 0 heterocycles. The summed E-state index contributed by atoms with van der Waals surface area (Å²) in [5.74, 6) is -1.24. The van der Waals surface area contributed by atoms with Gasteiger partial charge < -0.3 is 10.1 Å². The van der Waals surface area contributed by atoms with Crippen LogP contribution in [0.5, 0.6) is 5.75 Å². The minimum Gasteiger partial charge on any atom is -0.489 e. The summed E-state index contributed by atoms with van der Waals surface area (Å²) in [4.78, 5) is 0. The van der Waals surface area contributed by atoms with E-state index in [1.165, 1.54) is 12.1 Å². The second-order valence-electron chi connectivity index (χ2n) is 4.60. The minimum absolute atomic E-state index is 0.0903. The van der Waals surface area contributed by atoms with E-state index in [2.05, 4.69) is 5.32 Å². The van der Waals surface area contributed by atoms with Gasteiger partial charge in [-0.25, -0.2) is 13.2 Å². The average molecular weight is 295 g/mol. The molecule has 0 bridgehead atoms. The van der Waals surface area contributed by atoms with Gasteiger partial charge in [0.25, 0.3) is 0 Å². The van der Waals surface area contributed by atoms with Crippen molar-refractivity contribution in [2.24, 2.45) is 0 Å². The molecular formula is C16H16F3NO. The molecule has 0 aromatic heterocycles. The van der Waals surface area contributed by atoms with Gasteiger partial charge in [0.1, 0.15) is 29.8 Å². The molecular weight excluding hydrogens is 279 g/mol. The topological polar surface area (TPSA) is 21.3 Å². The van der Waals surface area contributed by atoms with Gasteiger partial charge in [-0.1, -0.05) is 6.92 Å². The van der Waals surface area contributed by atoms with Gasteiger partial charge >= 0.3 is 0 Å². The van der Waals surface area contributed by atoms with Gasteiger partial charge in [-0.3, -0.25) is 0 Å². The molecule has 5 heteroatoms. The second-order valence-corrected chi connectivity index (χ2v) is 4.60. The van der Waals surface area contributed by atoms with Crippen molar-refractivity contribution >= 4 is 0 Å². The molecule has 0 amide bonds. The Bertz CT molecular complexity index is 616. The third-order valence-corrected chi connectivity index (χ3v) is 2.91. The summed E-state index contributed by atoms with van der Waals surface area (Å²) in [5, 5.41) is 3.08. The van der Waals surface area contributed by atoms with Crippen molar-refractivity contribution in [3.8, 4) is 5.75 Å². The van der Waals surface area contributed by atoms with Crippen LogP contribution < -0.4 is 10.1 Å². The first-order valence-corrected chi connectivity index (χ1v) is 6.65.